The Morgan fingerprint density at radius 2 is 2.15 bits per heavy atom. The van der Waals surface area contributed by atoms with Crippen molar-refractivity contribution in [2.45, 2.75) is 57.2 Å². The second kappa shape index (κ2) is 5.56. The maximum atomic E-state index is 11.6. The third-order valence-corrected chi connectivity index (χ3v) is 5.06. The summed E-state index contributed by atoms with van der Waals surface area (Å²) in [5, 5.41) is 13.7. The SMILES string of the molecule is Cn1nccc1CN1C(C(=O)O)CCC2CCCCC21. The molecule has 1 saturated heterocycles. The maximum Gasteiger partial charge on any atom is 0.320 e. The van der Waals surface area contributed by atoms with Crippen LogP contribution in [0, 0.1) is 5.92 Å². The van der Waals surface area contributed by atoms with E-state index >= 15 is 0 Å². The van der Waals surface area contributed by atoms with Gasteiger partial charge in [-0.05, 0) is 37.7 Å². The van der Waals surface area contributed by atoms with Crippen molar-refractivity contribution in [3.63, 3.8) is 0 Å². The molecule has 1 aromatic heterocycles. The standard InChI is InChI=1S/C15H23N3O2/c1-17-12(8-9-16-17)10-18-13-5-3-2-4-11(13)6-7-14(18)15(19)20/h8-9,11,13-14H,2-7,10H2,1H3,(H,19,20). The van der Waals surface area contributed by atoms with Gasteiger partial charge in [-0.15, -0.1) is 0 Å². The molecular formula is C15H23N3O2. The summed E-state index contributed by atoms with van der Waals surface area (Å²) in [5.74, 6) is 0.0174. The lowest BCUT2D eigenvalue weighted by atomic mass is 9.76. The minimum absolute atomic E-state index is 0.329. The van der Waals surface area contributed by atoms with E-state index < -0.39 is 5.97 Å². The summed E-state index contributed by atoms with van der Waals surface area (Å²) >= 11 is 0. The molecule has 20 heavy (non-hydrogen) atoms. The first-order valence-corrected chi connectivity index (χ1v) is 7.62. The largest absolute Gasteiger partial charge is 0.480 e. The second-order valence-corrected chi connectivity index (χ2v) is 6.16. The summed E-state index contributed by atoms with van der Waals surface area (Å²) in [6.07, 6.45) is 8.59. The molecule has 0 radical (unpaired) electrons. The number of rotatable bonds is 3. The van der Waals surface area contributed by atoms with E-state index in [2.05, 4.69) is 10.00 Å². The molecule has 110 valence electrons. The molecule has 5 nitrogen and oxygen atoms in total. The van der Waals surface area contributed by atoms with Crippen molar-refractivity contribution in [1.82, 2.24) is 14.7 Å². The first kappa shape index (κ1) is 13.6. The van der Waals surface area contributed by atoms with Crippen LogP contribution in [0.15, 0.2) is 12.3 Å². The zero-order chi connectivity index (χ0) is 14.1. The highest BCUT2D eigenvalue weighted by molar-refractivity contribution is 5.73. The van der Waals surface area contributed by atoms with Gasteiger partial charge in [0.25, 0.3) is 0 Å². The molecular weight excluding hydrogens is 254 g/mol. The number of aromatic nitrogens is 2. The first-order chi connectivity index (χ1) is 9.66. The summed E-state index contributed by atoms with van der Waals surface area (Å²) in [4.78, 5) is 13.8. The topological polar surface area (TPSA) is 58.4 Å². The molecule has 0 aromatic carbocycles. The van der Waals surface area contributed by atoms with Gasteiger partial charge in [-0.2, -0.15) is 5.10 Å². The number of aliphatic carboxylic acids is 1. The Kier molecular flexibility index (Phi) is 3.78. The van der Waals surface area contributed by atoms with E-state index in [1.54, 1.807) is 6.20 Å². The maximum absolute atomic E-state index is 11.6. The Bertz CT molecular complexity index is 485. The van der Waals surface area contributed by atoms with Crippen LogP contribution < -0.4 is 0 Å². The van der Waals surface area contributed by atoms with Gasteiger partial charge in [0, 0.05) is 25.8 Å². The van der Waals surface area contributed by atoms with Gasteiger partial charge in [-0.1, -0.05) is 12.8 Å². The number of carbonyl (C=O) groups is 1. The molecule has 1 aromatic rings. The molecule has 1 aliphatic carbocycles. The quantitative estimate of drug-likeness (QED) is 0.918. The van der Waals surface area contributed by atoms with Crippen LogP contribution >= 0.6 is 0 Å². The summed E-state index contributed by atoms with van der Waals surface area (Å²) in [6.45, 7) is 0.703. The number of aryl methyl sites for hydroxylation is 1. The molecule has 3 atom stereocenters. The number of carboxylic acid groups (broad SMARTS) is 1. The van der Waals surface area contributed by atoms with Crippen molar-refractivity contribution in [1.29, 1.82) is 0 Å². The van der Waals surface area contributed by atoms with Crippen LogP contribution in [0.1, 0.15) is 44.2 Å². The average Bonchev–Trinajstić information content (AvgIpc) is 2.84. The van der Waals surface area contributed by atoms with E-state index in [1.807, 2.05) is 17.8 Å². The minimum Gasteiger partial charge on any atom is -0.480 e. The minimum atomic E-state index is -0.670. The monoisotopic (exact) mass is 277 g/mol. The Morgan fingerprint density at radius 3 is 2.85 bits per heavy atom. The summed E-state index contributed by atoms with van der Waals surface area (Å²) < 4.78 is 1.85. The zero-order valence-electron chi connectivity index (χ0n) is 12.0. The predicted octanol–water partition coefficient (Wildman–Crippen LogP) is 2.03. The number of hydrogen-bond donors (Lipinski definition) is 1. The lowest BCUT2D eigenvalue weighted by molar-refractivity contribution is -0.148. The average molecular weight is 277 g/mol. The van der Waals surface area contributed by atoms with E-state index in [-0.39, 0.29) is 6.04 Å². The van der Waals surface area contributed by atoms with E-state index in [0.717, 1.165) is 25.0 Å². The lowest BCUT2D eigenvalue weighted by Crippen LogP contribution is -2.54. The second-order valence-electron chi connectivity index (χ2n) is 6.16. The van der Waals surface area contributed by atoms with Gasteiger partial charge in [0.15, 0.2) is 0 Å². The van der Waals surface area contributed by atoms with Crippen LogP contribution in [0.25, 0.3) is 0 Å². The van der Waals surface area contributed by atoms with Gasteiger partial charge in [-0.3, -0.25) is 14.4 Å². The van der Waals surface area contributed by atoms with Crippen molar-refractivity contribution in [2.75, 3.05) is 0 Å². The molecule has 5 heteroatoms. The highest BCUT2D eigenvalue weighted by Crippen LogP contribution is 2.38. The molecule has 2 aliphatic rings. The van der Waals surface area contributed by atoms with Crippen LogP contribution in [0.3, 0.4) is 0 Å². The molecule has 3 unspecified atom stereocenters. The number of fused-ring (bicyclic) bond motifs is 1. The fraction of sp³-hybridized carbons (Fsp3) is 0.733. The molecule has 3 rings (SSSR count). The van der Waals surface area contributed by atoms with E-state index in [9.17, 15) is 9.90 Å². The van der Waals surface area contributed by atoms with Crippen LogP contribution in [-0.2, 0) is 18.4 Å². The lowest BCUT2D eigenvalue weighted by Gasteiger charge is -2.47. The van der Waals surface area contributed by atoms with Gasteiger partial charge in [-0.25, -0.2) is 0 Å². The highest BCUT2D eigenvalue weighted by Gasteiger charge is 2.41. The molecule has 2 heterocycles. The molecule has 2 fully saturated rings. The number of carboxylic acids is 1. The van der Waals surface area contributed by atoms with Gasteiger partial charge in [0.1, 0.15) is 6.04 Å². The Hall–Kier alpha value is -1.36. The van der Waals surface area contributed by atoms with Crippen LogP contribution in [-0.4, -0.2) is 37.8 Å². The van der Waals surface area contributed by atoms with E-state index in [4.69, 9.17) is 0 Å². The number of likely N-dealkylation sites (tertiary alicyclic amines) is 1. The normalized spacial score (nSPS) is 30.9. The number of piperidine rings is 1. The van der Waals surface area contributed by atoms with Crippen molar-refractivity contribution in [3.8, 4) is 0 Å². The fourth-order valence-electron chi connectivity index (χ4n) is 3.97. The molecule has 1 N–H and O–H groups in total. The van der Waals surface area contributed by atoms with Gasteiger partial charge >= 0.3 is 5.97 Å². The zero-order valence-corrected chi connectivity index (χ0v) is 12.0. The first-order valence-electron chi connectivity index (χ1n) is 7.62. The summed E-state index contributed by atoms with van der Waals surface area (Å²) in [7, 11) is 1.92. The number of nitrogens with zero attached hydrogens (tertiary/aromatic N) is 3. The van der Waals surface area contributed by atoms with Gasteiger partial charge < -0.3 is 5.11 Å². The van der Waals surface area contributed by atoms with Crippen molar-refractivity contribution in [3.05, 3.63) is 18.0 Å². The van der Waals surface area contributed by atoms with Crippen LogP contribution in [0.2, 0.25) is 0 Å². The van der Waals surface area contributed by atoms with Crippen LogP contribution in [0.4, 0.5) is 0 Å². The predicted molar refractivity (Wildman–Crippen MR) is 75.2 cm³/mol. The van der Waals surface area contributed by atoms with Crippen molar-refractivity contribution < 1.29 is 9.90 Å². The number of hydrogen-bond acceptors (Lipinski definition) is 3. The third kappa shape index (κ3) is 2.46. The van der Waals surface area contributed by atoms with Gasteiger partial charge in [0.05, 0.1) is 5.69 Å². The van der Waals surface area contributed by atoms with Crippen molar-refractivity contribution in [2.24, 2.45) is 13.0 Å². The smallest absolute Gasteiger partial charge is 0.320 e. The summed E-state index contributed by atoms with van der Waals surface area (Å²) in [5.41, 5.74) is 1.10. The van der Waals surface area contributed by atoms with E-state index in [0.29, 0.717) is 18.5 Å². The fourth-order valence-corrected chi connectivity index (χ4v) is 3.97. The van der Waals surface area contributed by atoms with E-state index in [1.165, 1.54) is 19.3 Å². The highest BCUT2D eigenvalue weighted by atomic mass is 16.4. The molecule has 1 saturated carbocycles. The Labute approximate surface area is 119 Å². The Morgan fingerprint density at radius 1 is 1.35 bits per heavy atom. The molecule has 0 amide bonds. The third-order valence-electron chi connectivity index (χ3n) is 5.06. The molecule has 1 aliphatic heterocycles. The van der Waals surface area contributed by atoms with Crippen LogP contribution in [0.5, 0.6) is 0 Å². The molecule has 0 spiro atoms. The van der Waals surface area contributed by atoms with Gasteiger partial charge in [0.2, 0.25) is 0 Å². The van der Waals surface area contributed by atoms with Crippen molar-refractivity contribution >= 4 is 5.97 Å². The summed E-state index contributed by atoms with van der Waals surface area (Å²) in [6, 6.07) is 2.10. The molecule has 0 bridgehead atoms. The Balaban J connectivity index is 1.84.